The molecule has 1 aliphatic heterocycles. The number of hydrogen-bond donors (Lipinski definition) is 0. The Bertz CT molecular complexity index is 403. The maximum atomic E-state index is 11.9. The molecule has 16 heavy (non-hydrogen) atoms. The molecule has 0 N–H and O–H groups in total. The third-order valence-corrected chi connectivity index (χ3v) is 2.52. The van der Waals surface area contributed by atoms with Gasteiger partial charge in [0.05, 0.1) is 12.2 Å². The second-order valence-electron chi connectivity index (χ2n) is 3.57. The van der Waals surface area contributed by atoms with Crippen LogP contribution < -0.4 is 4.84 Å². The van der Waals surface area contributed by atoms with Gasteiger partial charge in [-0.1, -0.05) is 19.1 Å². The Labute approximate surface area is 94.7 Å². The van der Waals surface area contributed by atoms with E-state index < -0.39 is 0 Å². The quantitative estimate of drug-likeness (QED) is 0.782. The number of benzene rings is 1. The van der Waals surface area contributed by atoms with Gasteiger partial charge in [0, 0.05) is 0 Å². The summed E-state index contributed by atoms with van der Waals surface area (Å²) in [4.78, 5) is 22.6. The second-order valence-corrected chi connectivity index (χ2v) is 3.57. The van der Waals surface area contributed by atoms with Gasteiger partial charge in [0.25, 0.3) is 0 Å². The van der Waals surface area contributed by atoms with Crippen LogP contribution in [0.4, 0.5) is 0 Å². The predicted molar refractivity (Wildman–Crippen MR) is 59.1 cm³/mol. The van der Waals surface area contributed by atoms with Crippen LogP contribution in [0, 0.1) is 0 Å². The molecule has 0 amide bonds. The SMILES string of the molecule is CCON1CC(=O)c2c(CC)cccc2O1. The van der Waals surface area contributed by atoms with E-state index in [0.717, 1.165) is 12.0 Å². The molecule has 4 nitrogen and oxygen atoms in total. The van der Waals surface area contributed by atoms with Gasteiger partial charge in [-0.25, -0.2) is 0 Å². The van der Waals surface area contributed by atoms with Crippen molar-refractivity contribution in [1.82, 2.24) is 5.23 Å². The number of carbonyl (C=O) groups is 1. The Morgan fingerprint density at radius 2 is 2.25 bits per heavy atom. The lowest BCUT2D eigenvalue weighted by Crippen LogP contribution is -2.38. The predicted octanol–water partition coefficient (Wildman–Crippen LogP) is 1.99. The molecule has 2 rings (SSSR count). The number of hydroxylamine groups is 2. The Kier molecular flexibility index (Phi) is 3.22. The fourth-order valence-electron chi connectivity index (χ4n) is 1.82. The summed E-state index contributed by atoms with van der Waals surface area (Å²) in [5.41, 5.74) is 1.72. The average Bonchev–Trinajstić information content (AvgIpc) is 2.28. The van der Waals surface area contributed by atoms with Gasteiger partial charge in [-0.2, -0.15) is 0 Å². The van der Waals surface area contributed by atoms with E-state index in [9.17, 15) is 4.79 Å². The van der Waals surface area contributed by atoms with E-state index in [1.54, 1.807) is 6.07 Å². The first-order valence-corrected chi connectivity index (χ1v) is 5.49. The molecule has 0 aliphatic carbocycles. The molecule has 1 aromatic rings. The van der Waals surface area contributed by atoms with E-state index in [-0.39, 0.29) is 12.3 Å². The summed E-state index contributed by atoms with van der Waals surface area (Å²) in [6.45, 7) is 4.51. The molecule has 0 unspecified atom stereocenters. The van der Waals surface area contributed by atoms with Crippen LogP contribution in [-0.4, -0.2) is 24.2 Å². The smallest absolute Gasteiger partial charge is 0.187 e. The largest absolute Gasteiger partial charge is 0.379 e. The lowest BCUT2D eigenvalue weighted by atomic mass is 10.00. The highest BCUT2D eigenvalue weighted by atomic mass is 16.9. The molecular formula is C12H15NO3. The lowest BCUT2D eigenvalue weighted by molar-refractivity contribution is -0.310. The zero-order valence-corrected chi connectivity index (χ0v) is 9.53. The zero-order valence-electron chi connectivity index (χ0n) is 9.53. The molecule has 4 heteroatoms. The van der Waals surface area contributed by atoms with Crippen LogP contribution in [0.3, 0.4) is 0 Å². The highest BCUT2D eigenvalue weighted by molar-refractivity contribution is 6.02. The molecule has 0 saturated heterocycles. The summed E-state index contributed by atoms with van der Waals surface area (Å²) in [6, 6.07) is 5.63. The molecule has 1 aliphatic rings. The first-order chi connectivity index (χ1) is 7.76. The summed E-state index contributed by atoms with van der Waals surface area (Å²) in [5, 5.41) is 1.24. The molecule has 0 fully saturated rings. The maximum Gasteiger partial charge on any atom is 0.187 e. The van der Waals surface area contributed by atoms with E-state index in [2.05, 4.69) is 0 Å². The van der Waals surface area contributed by atoms with Crippen LogP contribution in [0.2, 0.25) is 0 Å². The van der Waals surface area contributed by atoms with E-state index in [0.29, 0.717) is 17.9 Å². The number of carbonyl (C=O) groups excluding carboxylic acids is 1. The first kappa shape index (κ1) is 11.1. The van der Waals surface area contributed by atoms with Crippen molar-refractivity contribution >= 4 is 5.78 Å². The fourth-order valence-corrected chi connectivity index (χ4v) is 1.82. The van der Waals surface area contributed by atoms with Crippen molar-refractivity contribution in [3.8, 4) is 5.75 Å². The minimum atomic E-state index is 0.0483. The number of Topliss-reactive ketones (excluding diaryl/α,β-unsaturated/α-hetero) is 1. The molecule has 0 radical (unpaired) electrons. The van der Waals surface area contributed by atoms with Gasteiger partial charge in [-0.3, -0.25) is 9.63 Å². The van der Waals surface area contributed by atoms with Crippen molar-refractivity contribution in [2.24, 2.45) is 0 Å². The molecule has 0 aromatic heterocycles. The van der Waals surface area contributed by atoms with Crippen molar-refractivity contribution in [1.29, 1.82) is 0 Å². The van der Waals surface area contributed by atoms with Gasteiger partial charge in [0.1, 0.15) is 6.54 Å². The van der Waals surface area contributed by atoms with E-state index in [4.69, 9.17) is 9.68 Å². The van der Waals surface area contributed by atoms with Crippen molar-refractivity contribution in [3.05, 3.63) is 29.3 Å². The maximum absolute atomic E-state index is 11.9. The minimum absolute atomic E-state index is 0.0483. The fraction of sp³-hybridized carbons (Fsp3) is 0.417. The molecule has 0 bridgehead atoms. The Morgan fingerprint density at radius 3 is 2.94 bits per heavy atom. The number of aryl methyl sites for hydroxylation is 1. The molecule has 1 heterocycles. The van der Waals surface area contributed by atoms with Crippen molar-refractivity contribution < 1.29 is 14.5 Å². The number of hydrogen-bond acceptors (Lipinski definition) is 4. The normalized spacial score (nSPS) is 15.8. The number of nitrogens with zero attached hydrogens (tertiary/aromatic N) is 1. The van der Waals surface area contributed by atoms with Gasteiger partial charge in [-0.15, -0.1) is 0 Å². The van der Waals surface area contributed by atoms with Crippen LogP contribution >= 0.6 is 0 Å². The van der Waals surface area contributed by atoms with Gasteiger partial charge in [0.2, 0.25) is 0 Å². The highest BCUT2D eigenvalue weighted by Crippen LogP contribution is 2.28. The van der Waals surface area contributed by atoms with E-state index in [1.165, 1.54) is 5.23 Å². The van der Waals surface area contributed by atoms with Gasteiger partial charge < -0.3 is 4.84 Å². The van der Waals surface area contributed by atoms with Crippen LogP contribution in [-0.2, 0) is 11.3 Å². The zero-order chi connectivity index (χ0) is 11.5. The van der Waals surface area contributed by atoms with Gasteiger partial charge >= 0.3 is 0 Å². The van der Waals surface area contributed by atoms with Crippen LogP contribution in [0.15, 0.2) is 18.2 Å². The second kappa shape index (κ2) is 4.63. The third-order valence-electron chi connectivity index (χ3n) is 2.52. The van der Waals surface area contributed by atoms with E-state index in [1.807, 2.05) is 26.0 Å². The van der Waals surface area contributed by atoms with Crippen LogP contribution in [0.1, 0.15) is 29.8 Å². The van der Waals surface area contributed by atoms with Crippen molar-refractivity contribution in [2.45, 2.75) is 20.3 Å². The van der Waals surface area contributed by atoms with Crippen molar-refractivity contribution in [2.75, 3.05) is 13.2 Å². The first-order valence-electron chi connectivity index (χ1n) is 5.49. The van der Waals surface area contributed by atoms with Gasteiger partial charge in [-0.05, 0) is 30.2 Å². The number of fused-ring (bicyclic) bond motifs is 1. The summed E-state index contributed by atoms with van der Waals surface area (Å²) < 4.78 is 0. The van der Waals surface area contributed by atoms with Crippen molar-refractivity contribution in [3.63, 3.8) is 0 Å². The Balaban J connectivity index is 2.34. The minimum Gasteiger partial charge on any atom is -0.379 e. The third kappa shape index (κ3) is 1.94. The molecule has 0 spiro atoms. The molecule has 0 saturated carbocycles. The van der Waals surface area contributed by atoms with Crippen LogP contribution in [0.25, 0.3) is 0 Å². The monoisotopic (exact) mass is 221 g/mol. The molecule has 86 valence electrons. The lowest BCUT2D eigenvalue weighted by Gasteiger charge is -2.26. The standard InChI is InChI=1S/C12H15NO3/c1-3-9-6-5-7-11-12(9)10(14)8-13(16-11)15-4-2/h5-7H,3-4,8H2,1-2H3. The average molecular weight is 221 g/mol. The topological polar surface area (TPSA) is 38.8 Å². The van der Waals surface area contributed by atoms with Gasteiger partial charge in [0.15, 0.2) is 11.5 Å². The highest BCUT2D eigenvalue weighted by Gasteiger charge is 2.27. The molecular weight excluding hydrogens is 206 g/mol. The van der Waals surface area contributed by atoms with Crippen LogP contribution in [0.5, 0.6) is 5.75 Å². The van der Waals surface area contributed by atoms with E-state index >= 15 is 0 Å². The summed E-state index contributed by atoms with van der Waals surface area (Å²) in [7, 11) is 0. The molecule has 0 atom stereocenters. The Morgan fingerprint density at radius 1 is 1.44 bits per heavy atom. The summed E-state index contributed by atoms with van der Waals surface area (Å²) in [6.07, 6.45) is 0.826. The molecule has 1 aromatic carbocycles. The number of rotatable bonds is 3. The summed E-state index contributed by atoms with van der Waals surface area (Å²) >= 11 is 0. The summed E-state index contributed by atoms with van der Waals surface area (Å²) in [5.74, 6) is 0.635. The Hall–Kier alpha value is -1.39. The number of ketones is 1.